The molecule has 1 heterocycles. The number of β-amino-alcohol motifs (C(OH)–C–C–N with tert-alkyl or cyclic N) is 1. The van der Waals surface area contributed by atoms with Crippen LogP contribution in [-0.4, -0.2) is 61.9 Å². The second-order valence-electron chi connectivity index (χ2n) is 6.99. The predicted octanol–water partition coefficient (Wildman–Crippen LogP) is 0.582. The summed E-state index contributed by atoms with van der Waals surface area (Å²) in [6, 6.07) is 5.64. The van der Waals surface area contributed by atoms with Gasteiger partial charge in [-0.15, -0.1) is 0 Å². The van der Waals surface area contributed by atoms with Crippen LogP contribution in [0.1, 0.15) is 19.3 Å². The Balaban J connectivity index is 1.56. The standard InChI is InChI=1S/C17H25N3O5S/c21-11-13-7-8-20(10-16(13)22)17(23)19-14-3-5-15(6-4-14)26(24,25)18-9-12-1-2-12/h3-6,12-13,16,18,21-22H,1-2,7-11H2,(H,19,23)/t13-,16+/m0/s1. The first-order chi connectivity index (χ1) is 12.4. The highest BCUT2D eigenvalue weighted by Crippen LogP contribution is 2.28. The molecule has 1 aromatic carbocycles. The Bertz CT molecular complexity index is 733. The summed E-state index contributed by atoms with van der Waals surface area (Å²) in [5.74, 6) is 0.250. The van der Waals surface area contributed by atoms with Crippen molar-refractivity contribution in [2.24, 2.45) is 11.8 Å². The van der Waals surface area contributed by atoms with E-state index >= 15 is 0 Å². The maximum atomic E-state index is 12.3. The molecule has 9 heteroatoms. The molecule has 0 spiro atoms. The number of nitrogens with zero attached hydrogens (tertiary/aromatic N) is 1. The summed E-state index contributed by atoms with van der Waals surface area (Å²) in [4.78, 5) is 13.9. The molecular weight excluding hydrogens is 358 g/mol. The number of hydrogen-bond donors (Lipinski definition) is 4. The largest absolute Gasteiger partial charge is 0.396 e. The number of piperidine rings is 1. The normalized spacial score (nSPS) is 23.7. The summed E-state index contributed by atoms with van der Waals surface area (Å²) >= 11 is 0. The molecule has 2 amide bonds. The number of amides is 2. The molecule has 2 atom stereocenters. The molecule has 0 unspecified atom stereocenters. The van der Waals surface area contributed by atoms with E-state index in [1.807, 2.05) is 0 Å². The lowest BCUT2D eigenvalue weighted by atomic mass is 9.95. The monoisotopic (exact) mass is 383 g/mol. The van der Waals surface area contributed by atoms with E-state index in [1.54, 1.807) is 12.1 Å². The number of likely N-dealkylation sites (tertiary alicyclic amines) is 1. The summed E-state index contributed by atoms with van der Waals surface area (Å²) in [6.45, 7) is 0.981. The Kier molecular flexibility index (Phi) is 5.81. The maximum Gasteiger partial charge on any atom is 0.321 e. The van der Waals surface area contributed by atoms with E-state index < -0.39 is 16.1 Å². The molecule has 0 radical (unpaired) electrons. The number of rotatable bonds is 6. The molecule has 3 rings (SSSR count). The Morgan fingerprint density at radius 1 is 1.19 bits per heavy atom. The van der Waals surface area contributed by atoms with Crippen LogP contribution in [0, 0.1) is 11.8 Å². The smallest absolute Gasteiger partial charge is 0.321 e. The molecule has 2 aliphatic rings. The SMILES string of the molecule is O=C(Nc1ccc(S(=O)(=O)NCC2CC2)cc1)N1CC[C@@H](CO)[C@H](O)C1. The first-order valence-electron chi connectivity index (χ1n) is 8.83. The van der Waals surface area contributed by atoms with Gasteiger partial charge in [-0.3, -0.25) is 0 Å². The van der Waals surface area contributed by atoms with Crippen LogP contribution in [0.5, 0.6) is 0 Å². The molecule has 1 saturated carbocycles. The van der Waals surface area contributed by atoms with Crippen molar-refractivity contribution in [1.29, 1.82) is 0 Å². The van der Waals surface area contributed by atoms with Gasteiger partial charge in [0.25, 0.3) is 0 Å². The number of carbonyl (C=O) groups is 1. The topological polar surface area (TPSA) is 119 Å². The number of benzene rings is 1. The van der Waals surface area contributed by atoms with Crippen molar-refractivity contribution in [2.45, 2.75) is 30.3 Å². The number of carbonyl (C=O) groups excluding carboxylic acids is 1. The van der Waals surface area contributed by atoms with Gasteiger partial charge < -0.3 is 20.4 Å². The predicted molar refractivity (Wildman–Crippen MR) is 96.1 cm³/mol. The minimum atomic E-state index is -3.53. The zero-order chi connectivity index (χ0) is 18.7. The number of sulfonamides is 1. The van der Waals surface area contributed by atoms with Gasteiger partial charge in [0.1, 0.15) is 0 Å². The number of hydrogen-bond acceptors (Lipinski definition) is 5. The minimum Gasteiger partial charge on any atom is -0.396 e. The number of nitrogens with one attached hydrogen (secondary N) is 2. The summed E-state index contributed by atoms with van der Waals surface area (Å²) in [7, 11) is -3.53. The van der Waals surface area contributed by atoms with E-state index in [0.29, 0.717) is 31.1 Å². The zero-order valence-electron chi connectivity index (χ0n) is 14.5. The highest BCUT2D eigenvalue weighted by Gasteiger charge is 2.29. The van der Waals surface area contributed by atoms with Crippen molar-refractivity contribution in [3.05, 3.63) is 24.3 Å². The third kappa shape index (κ3) is 4.73. The molecule has 2 fully saturated rings. The second-order valence-corrected chi connectivity index (χ2v) is 8.76. The highest BCUT2D eigenvalue weighted by atomic mass is 32.2. The van der Waals surface area contributed by atoms with Gasteiger partial charge in [0.2, 0.25) is 10.0 Å². The fourth-order valence-electron chi connectivity index (χ4n) is 2.93. The molecule has 1 aliphatic carbocycles. The van der Waals surface area contributed by atoms with E-state index in [-0.39, 0.29) is 30.0 Å². The van der Waals surface area contributed by atoms with Crippen molar-refractivity contribution in [3.8, 4) is 0 Å². The summed E-state index contributed by atoms with van der Waals surface area (Å²) < 4.78 is 27.0. The van der Waals surface area contributed by atoms with E-state index in [1.165, 1.54) is 17.0 Å². The van der Waals surface area contributed by atoms with Crippen molar-refractivity contribution in [1.82, 2.24) is 9.62 Å². The molecule has 0 aromatic heterocycles. The Hall–Kier alpha value is -1.68. The van der Waals surface area contributed by atoms with Gasteiger partial charge >= 0.3 is 6.03 Å². The van der Waals surface area contributed by atoms with Gasteiger partial charge in [-0.1, -0.05) is 0 Å². The maximum absolute atomic E-state index is 12.3. The van der Waals surface area contributed by atoms with Gasteiger partial charge in [-0.2, -0.15) is 0 Å². The third-order valence-electron chi connectivity index (χ3n) is 4.92. The summed E-state index contributed by atoms with van der Waals surface area (Å²) in [5, 5.41) is 21.8. The van der Waals surface area contributed by atoms with Crippen molar-refractivity contribution in [3.63, 3.8) is 0 Å². The summed E-state index contributed by atoms with van der Waals surface area (Å²) in [6.07, 6.45) is 1.93. The molecule has 26 heavy (non-hydrogen) atoms. The van der Waals surface area contributed by atoms with E-state index in [9.17, 15) is 18.3 Å². The van der Waals surface area contributed by atoms with Crippen LogP contribution in [0.25, 0.3) is 0 Å². The molecule has 8 nitrogen and oxygen atoms in total. The van der Waals surface area contributed by atoms with Crippen molar-refractivity contribution < 1.29 is 23.4 Å². The fraction of sp³-hybridized carbons (Fsp3) is 0.588. The average molecular weight is 383 g/mol. The van der Waals surface area contributed by atoms with E-state index in [2.05, 4.69) is 10.0 Å². The lowest BCUT2D eigenvalue weighted by Crippen LogP contribution is -2.49. The lowest BCUT2D eigenvalue weighted by molar-refractivity contribution is 0.0123. The first kappa shape index (κ1) is 19.1. The summed E-state index contributed by atoms with van der Waals surface area (Å²) in [5.41, 5.74) is 0.481. The fourth-order valence-corrected chi connectivity index (χ4v) is 4.05. The van der Waals surface area contributed by atoms with Crippen molar-refractivity contribution >= 4 is 21.7 Å². The Morgan fingerprint density at radius 2 is 1.88 bits per heavy atom. The van der Waals surface area contributed by atoms with Crippen LogP contribution in [0.4, 0.5) is 10.5 Å². The average Bonchev–Trinajstić information content (AvgIpc) is 3.45. The molecule has 0 bridgehead atoms. The van der Waals surface area contributed by atoms with Crippen LogP contribution in [0.3, 0.4) is 0 Å². The molecule has 1 aromatic rings. The molecule has 144 valence electrons. The van der Waals surface area contributed by atoms with Gasteiger partial charge in [-0.25, -0.2) is 17.9 Å². The first-order valence-corrected chi connectivity index (χ1v) is 10.3. The second kappa shape index (κ2) is 7.91. The van der Waals surface area contributed by atoms with Crippen LogP contribution in [-0.2, 0) is 10.0 Å². The number of aliphatic hydroxyl groups excluding tert-OH is 2. The van der Waals surface area contributed by atoms with Crippen LogP contribution < -0.4 is 10.0 Å². The van der Waals surface area contributed by atoms with Gasteiger partial charge in [0.15, 0.2) is 0 Å². The number of urea groups is 1. The minimum absolute atomic E-state index is 0.0959. The number of aliphatic hydroxyl groups is 2. The molecule has 1 aliphatic heterocycles. The number of anilines is 1. The third-order valence-corrected chi connectivity index (χ3v) is 6.36. The zero-order valence-corrected chi connectivity index (χ0v) is 15.3. The Morgan fingerprint density at radius 3 is 2.46 bits per heavy atom. The Labute approximate surface area is 153 Å². The van der Waals surface area contributed by atoms with Gasteiger partial charge in [0, 0.05) is 37.8 Å². The lowest BCUT2D eigenvalue weighted by Gasteiger charge is -2.35. The highest BCUT2D eigenvalue weighted by molar-refractivity contribution is 7.89. The van der Waals surface area contributed by atoms with Crippen LogP contribution >= 0.6 is 0 Å². The van der Waals surface area contributed by atoms with Crippen LogP contribution in [0.2, 0.25) is 0 Å². The van der Waals surface area contributed by atoms with E-state index in [4.69, 9.17) is 5.11 Å². The van der Waals surface area contributed by atoms with Crippen molar-refractivity contribution in [2.75, 3.05) is 31.6 Å². The van der Waals surface area contributed by atoms with Crippen LogP contribution in [0.15, 0.2) is 29.2 Å². The molecule has 1 saturated heterocycles. The molecular formula is C17H25N3O5S. The van der Waals surface area contributed by atoms with E-state index in [0.717, 1.165) is 12.8 Å². The van der Waals surface area contributed by atoms with Gasteiger partial charge in [-0.05, 0) is 49.4 Å². The quantitative estimate of drug-likeness (QED) is 0.573. The van der Waals surface area contributed by atoms with Gasteiger partial charge in [0.05, 0.1) is 11.0 Å². The molecule has 4 N–H and O–H groups in total.